The van der Waals surface area contributed by atoms with Gasteiger partial charge in [0.05, 0.1) is 0 Å². The topological polar surface area (TPSA) is 27.7 Å². The van der Waals surface area contributed by atoms with Crippen LogP contribution in [0.5, 0.6) is 0 Å². The summed E-state index contributed by atoms with van der Waals surface area (Å²) in [5.74, 6) is 0. The smallest absolute Gasteiger partial charge is 0.324 e. The van der Waals surface area contributed by atoms with Crippen LogP contribution in [-0.2, 0) is 13.3 Å². The maximum absolute atomic E-state index is 6.21. The zero-order valence-electron chi connectivity index (χ0n) is 11.8. The van der Waals surface area contributed by atoms with Gasteiger partial charge in [0.1, 0.15) is 0 Å². The first-order valence-electron chi connectivity index (χ1n) is 6.07. The molecule has 0 radical (unpaired) electrons. The van der Waals surface area contributed by atoms with Crippen molar-refractivity contribution in [3.63, 3.8) is 0 Å². The first-order valence-corrected chi connectivity index (χ1v) is 12.0. The fourth-order valence-corrected chi connectivity index (χ4v) is 8.73. The molecule has 98 valence electrons. The number of rotatable bonds is 9. The van der Waals surface area contributed by atoms with Crippen molar-refractivity contribution < 1.29 is 13.3 Å². The molecule has 0 heterocycles. The summed E-state index contributed by atoms with van der Waals surface area (Å²) in [4.78, 5) is 0. The Labute approximate surface area is 103 Å². The highest BCUT2D eigenvalue weighted by atomic mass is 28.4. The van der Waals surface area contributed by atoms with E-state index >= 15 is 0 Å². The van der Waals surface area contributed by atoms with Gasteiger partial charge < -0.3 is 13.3 Å². The van der Waals surface area contributed by atoms with Crippen molar-refractivity contribution in [2.45, 2.75) is 51.5 Å². The summed E-state index contributed by atoms with van der Waals surface area (Å²) in [6.07, 6.45) is 3.52. The Balaban J connectivity index is 3.88. The quantitative estimate of drug-likeness (QED) is 0.472. The molecule has 0 aliphatic rings. The molecular formula is C11H28O3Si2. The van der Waals surface area contributed by atoms with E-state index in [4.69, 9.17) is 13.3 Å². The van der Waals surface area contributed by atoms with Crippen molar-refractivity contribution in [3.05, 3.63) is 0 Å². The summed E-state index contributed by atoms with van der Waals surface area (Å²) in [5.41, 5.74) is 0. The third-order valence-electron chi connectivity index (χ3n) is 2.43. The molecule has 0 spiro atoms. The number of ether oxygens (including phenoxy) is 1. The predicted molar refractivity (Wildman–Crippen MR) is 73.6 cm³/mol. The maximum Gasteiger partial charge on any atom is 0.324 e. The first kappa shape index (κ1) is 16.3. The molecule has 0 aliphatic heterocycles. The average molecular weight is 265 g/mol. The molecule has 0 aromatic carbocycles. The van der Waals surface area contributed by atoms with Gasteiger partial charge in [-0.25, -0.2) is 0 Å². The van der Waals surface area contributed by atoms with Crippen LogP contribution in [0.3, 0.4) is 0 Å². The first-order chi connectivity index (χ1) is 7.33. The third-order valence-corrected chi connectivity index (χ3v) is 8.74. The van der Waals surface area contributed by atoms with Gasteiger partial charge in [0.2, 0.25) is 0 Å². The van der Waals surface area contributed by atoms with Crippen molar-refractivity contribution in [1.82, 2.24) is 0 Å². The summed E-state index contributed by atoms with van der Waals surface area (Å²) in [5, 5.41) is 0. The second kappa shape index (κ2) is 7.60. The highest BCUT2D eigenvalue weighted by Gasteiger charge is 2.34. The van der Waals surface area contributed by atoms with E-state index in [0.29, 0.717) is 0 Å². The van der Waals surface area contributed by atoms with E-state index in [0.717, 1.165) is 19.1 Å². The number of methoxy groups -OCH3 is 1. The molecule has 0 aromatic heterocycles. The molecule has 16 heavy (non-hydrogen) atoms. The molecule has 0 rings (SSSR count). The molecule has 1 unspecified atom stereocenters. The van der Waals surface area contributed by atoms with Crippen LogP contribution in [0.2, 0.25) is 32.2 Å². The van der Waals surface area contributed by atoms with Crippen molar-refractivity contribution in [1.29, 1.82) is 0 Å². The monoisotopic (exact) mass is 264 g/mol. The predicted octanol–water partition coefficient (Wildman–Crippen LogP) is 3.37. The van der Waals surface area contributed by atoms with Crippen LogP contribution in [0.4, 0.5) is 0 Å². The van der Waals surface area contributed by atoms with Crippen LogP contribution < -0.4 is 0 Å². The fourth-order valence-electron chi connectivity index (χ4n) is 1.71. The SMILES string of the molecule is COCCCCC[Si](C)(OC)O[Si](C)(C)C. The molecule has 5 heteroatoms. The van der Waals surface area contributed by atoms with Crippen LogP contribution in [0.1, 0.15) is 19.3 Å². The van der Waals surface area contributed by atoms with Crippen molar-refractivity contribution >= 4 is 16.9 Å². The summed E-state index contributed by atoms with van der Waals surface area (Å²) < 4.78 is 16.9. The standard InChI is InChI=1S/C11H28O3Si2/c1-12-10-8-7-9-11-16(6,13-2)14-15(3,4)5/h7-11H2,1-6H3. The number of hydrogen-bond acceptors (Lipinski definition) is 3. The van der Waals surface area contributed by atoms with Crippen molar-refractivity contribution in [2.24, 2.45) is 0 Å². The van der Waals surface area contributed by atoms with Crippen LogP contribution in [0.15, 0.2) is 0 Å². The average Bonchev–Trinajstić information content (AvgIpc) is 2.15. The lowest BCUT2D eigenvalue weighted by Crippen LogP contribution is -2.46. The largest absolute Gasteiger partial charge is 0.436 e. The van der Waals surface area contributed by atoms with Crippen molar-refractivity contribution in [2.75, 3.05) is 20.8 Å². The molecule has 0 saturated heterocycles. The Bertz CT molecular complexity index is 183. The Kier molecular flexibility index (Phi) is 7.75. The Morgan fingerprint density at radius 2 is 1.50 bits per heavy atom. The lowest BCUT2D eigenvalue weighted by Gasteiger charge is -2.32. The van der Waals surface area contributed by atoms with E-state index in [1.807, 2.05) is 0 Å². The minimum Gasteiger partial charge on any atom is -0.436 e. The number of unbranched alkanes of at least 4 members (excludes halogenated alkanes) is 2. The van der Waals surface area contributed by atoms with Crippen LogP contribution in [0.25, 0.3) is 0 Å². The lowest BCUT2D eigenvalue weighted by atomic mass is 10.3. The zero-order valence-corrected chi connectivity index (χ0v) is 13.8. The van der Waals surface area contributed by atoms with Gasteiger partial charge >= 0.3 is 8.56 Å². The fraction of sp³-hybridized carbons (Fsp3) is 1.00. The summed E-state index contributed by atoms with van der Waals surface area (Å²) in [6, 6.07) is 1.09. The van der Waals surface area contributed by atoms with Gasteiger partial charge in [0.15, 0.2) is 8.32 Å². The summed E-state index contributed by atoms with van der Waals surface area (Å²) >= 11 is 0. The van der Waals surface area contributed by atoms with Gasteiger partial charge in [-0.2, -0.15) is 0 Å². The lowest BCUT2D eigenvalue weighted by molar-refractivity contribution is 0.192. The molecule has 0 amide bonds. The Morgan fingerprint density at radius 3 is 1.94 bits per heavy atom. The molecule has 0 bridgehead atoms. The highest BCUT2D eigenvalue weighted by molar-refractivity contribution is 6.81. The van der Waals surface area contributed by atoms with Gasteiger partial charge in [0, 0.05) is 20.8 Å². The van der Waals surface area contributed by atoms with Gasteiger partial charge in [-0.1, -0.05) is 12.8 Å². The molecule has 1 atom stereocenters. The normalized spacial score (nSPS) is 16.1. The van der Waals surface area contributed by atoms with E-state index in [2.05, 4.69) is 26.2 Å². The molecule has 0 N–H and O–H groups in total. The molecule has 0 saturated carbocycles. The molecular weight excluding hydrogens is 236 g/mol. The molecule has 3 nitrogen and oxygen atoms in total. The molecule has 0 aromatic rings. The second-order valence-corrected chi connectivity index (χ2v) is 13.6. The van der Waals surface area contributed by atoms with Gasteiger partial charge in [-0.3, -0.25) is 0 Å². The zero-order chi connectivity index (χ0) is 12.7. The van der Waals surface area contributed by atoms with E-state index in [1.165, 1.54) is 12.8 Å². The van der Waals surface area contributed by atoms with Gasteiger partial charge in [-0.15, -0.1) is 0 Å². The Morgan fingerprint density at radius 1 is 0.875 bits per heavy atom. The minimum absolute atomic E-state index is 0.861. The van der Waals surface area contributed by atoms with Crippen molar-refractivity contribution in [3.8, 4) is 0 Å². The van der Waals surface area contributed by atoms with E-state index in [-0.39, 0.29) is 0 Å². The van der Waals surface area contributed by atoms with E-state index < -0.39 is 16.9 Å². The Hall–Kier alpha value is 0.314. The number of hydrogen-bond donors (Lipinski definition) is 0. The van der Waals surface area contributed by atoms with E-state index in [9.17, 15) is 0 Å². The third kappa shape index (κ3) is 8.46. The van der Waals surface area contributed by atoms with Gasteiger partial charge in [-0.05, 0) is 38.7 Å². The molecule has 0 aliphatic carbocycles. The second-order valence-electron chi connectivity index (χ2n) is 5.36. The summed E-state index contributed by atoms with van der Waals surface area (Å²) in [7, 11) is 0.170. The van der Waals surface area contributed by atoms with Crippen LogP contribution in [-0.4, -0.2) is 37.7 Å². The van der Waals surface area contributed by atoms with Crippen LogP contribution >= 0.6 is 0 Å². The highest BCUT2D eigenvalue weighted by Crippen LogP contribution is 2.21. The van der Waals surface area contributed by atoms with E-state index in [1.54, 1.807) is 14.2 Å². The van der Waals surface area contributed by atoms with Gasteiger partial charge in [0.25, 0.3) is 0 Å². The van der Waals surface area contributed by atoms with Crippen LogP contribution in [0, 0.1) is 0 Å². The minimum atomic E-state index is -1.90. The summed E-state index contributed by atoms with van der Waals surface area (Å²) in [6.45, 7) is 9.72. The maximum atomic E-state index is 6.21. The molecule has 0 fully saturated rings.